The summed E-state index contributed by atoms with van der Waals surface area (Å²) in [5.74, 6) is 0.273. The van der Waals surface area contributed by atoms with Crippen molar-refractivity contribution in [3.05, 3.63) is 28.5 Å². The molecule has 2 saturated heterocycles. The van der Waals surface area contributed by atoms with E-state index in [1.54, 1.807) is 22.2 Å². The summed E-state index contributed by atoms with van der Waals surface area (Å²) in [6.07, 6.45) is 6.73. The normalized spacial score (nSPS) is 25.1. The van der Waals surface area contributed by atoms with Crippen LogP contribution in [0.1, 0.15) is 30.0 Å². The standard InChI is InChI=1S/C17H23N5OS/c1-13-19-14(11-24-13)9-21-6-3-4-17(12-21)5-7-22(16(17)23)15-8-18-20(2)10-15/h8,10-11H,3-7,9,12H2,1-2H3/t17-/m1/s1. The Labute approximate surface area is 146 Å². The Hall–Kier alpha value is -1.73. The lowest BCUT2D eigenvalue weighted by Gasteiger charge is -2.38. The number of carbonyl (C=O) groups is 1. The Morgan fingerprint density at radius 3 is 2.92 bits per heavy atom. The second-order valence-electron chi connectivity index (χ2n) is 7.03. The van der Waals surface area contributed by atoms with E-state index in [2.05, 4.69) is 20.4 Å². The lowest BCUT2D eigenvalue weighted by Crippen LogP contribution is -2.47. The number of aryl methyl sites for hydroxylation is 2. The van der Waals surface area contributed by atoms with Gasteiger partial charge >= 0.3 is 0 Å². The van der Waals surface area contributed by atoms with Crippen molar-refractivity contribution in [3.8, 4) is 0 Å². The molecule has 7 heteroatoms. The van der Waals surface area contributed by atoms with Crippen LogP contribution in [-0.4, -0.2) is 45.2 Å². The fraction of sp³-hybridized carbons (Fsp3) is 0.588. The maximum absolute atomic E-state index is 13.1. The first kappa shape index (κ1) is 15.8. The summed E-state index contributed by atoms with van der Waals surface area (Å²) in [6.45, 7) is 5.59. The van der Waals surface area contributed by atoms with E-state index in [1.807, 2.05) is 25.1 Å². The van der Waals surface area contributed by atoms with Crippen molar-refractivity contribution in [1.82, 2.24) is 19.7 Å². The monoisotopic (exact) mass is 345 g/mol. The Morgan fingerprint density at radius 1 is 1.33 bits per heavy atom. The minimum atomic E-state index is -0.223. The number of aromatic nitrogens is 3. The van der Waals surface area contributed by atoms with E-state index in [9.17, 15) is 4.79 Å². The number of hydrogen-bond acceptors (Lipinski definition) is 5. The molecule has 2 aliphatic rings. The zero-order chi connectivity index (χ0) is 16.7. The summed E-state index contributed by atoms with van der Waals surface area (Å²) in [5.41, 5.74) is 1.83. The second-order valence-corrected chi connectivity index (χ2v) is 8.09. The molecule has 0 N–H and O–H groups in total. The molecule has 0 aromatic carbocycles. The third-order valence-corrected chi connectivity index (χ3v) is 6.05. The molecule has 24 heavy (non-hydrogen) atoms. The van der Waals surface area contributed by atoms with Gasteiger partial charge < -0.3 is 4.90 Å². The highest BCUT2D eigenvalue weighted by Gasteiger charge is 2.49. The first-order chi connectivity index (χ1) is 11.6. The summed E-state index contributed by atoms with van der Waals surface area (Å²) in [7, 11) is 1.89. The smallest absolute Gasteiger partial charge is 0.234 e. The molecule has 6 nitrogen and oxygen atoms in total. The molecule has 1 amide bonds. The first-order valence-corrected chi connectivity index (χ1v) is 9.38. The SMILES string of the molecule is Cc1nc(CN2CCC[C@@]3(CCN(c4cnn(C)c4)C3=O)C2)cs1. The van der Waals surface area contributed by atoms with Crippen molar-refractivity contribution in [3.63, 3.8) is 0 Å². The topological polar surface area (TPSA) is 54.3 Å². The summed E-state index contributed by atoms with van der Waals surface area (Å²) < 4.78 is 1.76. The van der Waals surface area contributed by atoms with Crippen molar-refractivity contribution in [2.24, 2.45) is 12.5 Å². The molecule has 2 fully saturated rings. The van der Waals surface area contributed by atoms with Crippen LogP contribution in [0.4, 0.5) is 5.69 Å². The highest BCUT2D eigenvalue weighted by molar-refractivity contribution is 7.09. The van der Waals surface area contributed by atoms with E-state index in [0.29, 0.717) is 0 Å². The predicted molar refractivity (Wildman–Crippen MR) is 94.0 cm³/mol. The number of amides is 1. The Kier molecular flexibility index (Phi) is 3.92. The molecule has 1 atom stereocenters. The van der Waals surface area contributed by atoms with Crippen LogP contribution in [0.5, 0.6) is 0 Å². The molecular formula is C17H23N5OS. The Morgan fingerprint density at radius 2 is 2.21 bits per heavy atom. The number of anilines is 1. The lowest BCUT2D eigenvalue weighted by molar-refractivity contribution is -0.128. The van der Waals surface area contributed by atoms with Gasteiger partial charge in [-0.15, -0.1) is 11.3 Å². The van der Waals surface area contributed by atoms with Crippen molar-refractivity contribution in [1.29, 1.82) is 0 Å². The van der Waals surface area contributed by atoms with Crippen molar-refractivity contribution >= 4 is 22.9 Å². The zero-order valence-corrected chi connectivity index (χ0v) is 15.1. The maximum atomic E-state index is 13.1. The number of likely N-dealkylation sites (tertiary alicyclic amines) is 1. The minimum absolute atomic E-state index is 0.223. The summed E-state index contributed by atoms with van der Waals surface area (Å²) >= 11 is 1.70. The molecule has 0 radical (unpaired) electrons. The summed E-state index contributed by atoms with van der Waals surface area (Å²) in [4.78, 5) is 22.0. The molecule has 4 rings (SSSR count). The van der Waals surface area contributed by atoms with E-state index in [-0.39, 0.29) is 11.3 Å². The van der Waals surface area contributed by atoms with E-state index in [1.165, 1.54) is 0 Å². The van der Waals surface area contributed by atoms with E-state index in [4.69, 9.17) is 0 Å². The third-order valence-electron chi connectivity index (χ3n) is 5.22. The minimum Gasteiger partial charge on any atom is -0.309 e. The molecule has 0 unspecified atom stereocenters. The van der Waals surface area contributed by atoms with E-state index in [0.717, 1.165) is 61.8 Å². The fourth-order valence-electron chi connectivity index (χ4n) is 4.07. The van der Waals surface area contributed by atoms with Gasteiger partial charge in [-0.1, -0.05) is 0 Å². The largest absolute Gasteiger partial charge is 0.309 e. The zero-order valence-electron chi connectivity index (χ0n) is 14.2. The van der Waals surface area contributed by atoms with Crippen LogP contribution in [0.3, 0.4) is 0 Å². The average molecular weight is 345 g/mol. The number of piperidine rings is 1. The van der Waals surface area contributed by atoms with Crippen molar-refractivity contribution in [2.45, 2.75) is 32.7 Å². The third kappa shape index (κ3) is 2.75. The molecule has 2 aromatic rings. The highest BCUT2D eigenvalue weighted by atomic mass is 32.1. The molecular weight excluding hydrogens is 322 g/mol. The van der Waals surface area contributed by atoms with Crippen molar-refractivity contribution < 1.29 is 4.79 Å². The quantitative estimate of drug-likeness (QED) is 0.856. The van der Waals surface area contributed by atoms with Gasteiger partial charge in [0, 0.05) is 38.3 Å². The average Bonchev–Trinajstić information content (AvgIpc) is 3.23. The van der Waals surface area contributed by atoms with Crippen LogP contribution in [0.2, 0.25) is 0 Å². The summed E-state index contributed by atoms with van der Waals surface area (Å²) in [6, 6.07) is 0. The van der Waals surface area contributed by atoms with Crippen LogP contribution in [0.15, 0.2) is 17.8 Å². The summed E-state index contributed by atoms with van der Waals surface area (Å²) in [5, 5.41) is 7.45. The number of thiazole rings is 1. The van der Waals surface area contributed by atoms with Gasteiger partial charge in [-0.25, -0.2) is 4.98 Å². The molecule has 2 aliphatic heterocycles. The molecule has 0 aliphatic carbocycles. The number of rotatable bonds is 3. The number of nitrogens with zero attached hydrogens (tertiary/aromatic N) is 5. The molecule has 4 heterocycles. The molecule has 1 spiro atoms. The van der Waals surface area contributed by atoms with Crippen molar-refractivity contribution in [2.75, 3.05) is 24.5 Å². The predicted octanol–water partition coefficient (Wildman–Crippen LogP) is 2.20. The number of hydrogen-bond donors (Lipinski definition) is 0. The first-order valence-electron chi connectivity index (χ1n) is 8.50. The highest BCUT2D eigenvalue weighted by Crippen LogP contribution is 2.42. The Bertz CT molecular complexity index is 754. The van der Waals surface area contributed by atoms with E-state index < -0.39 is 0 Å². The molecule has 128 valence electrons. The van der Waals surface area contributed by atoms with Crippen LogP contribution in [0.25, 0.3) is 0 Å². The van der Waals surface area contributed by atoms with Gasteiger partial charge in [-0.2, -0.15) is 5.10 Å². The van der Waals surface area contributed by atoms with Gasteiger partial charge in [0.05, 0.1) is 28.0 Å². The molecule has 0 bridgehead atoms. The van der Waals surface area contributed by atoms with Gasteiger partial charge in [0.1, 0.15) is 0 Å². The number of carbonyl (C=O) groups excluding carboxylic acids is 1. The lowest BCUT2D eigenvalue weighted by atomic mass is 9.78. The van der Waals surface area contributed by atoms with Gasteiger partial charge in [0.2, 0.25) is 5.91 Å². The van der Waals surface area contributed by atoms with Crippen LogP contribution >= 0.6 is 11.3 Å². The molecule has 0 saturated carbocycles. The second kappa shape index (κ2) is 5.97. The Balaban J connectivity index is 1.49. The van der Waals surface area contributed by atoms with Crippen LogP contribution in [-0.2, 0) is 18.4 Å². The van der Waals surface area contributed by atoms with Gasteiger partial charge in [-0.05, 0) is 32.7 Å². The van der Waals surface area contributed by atoms with Gasteiger partial charge in [0.15, 0.2) is 0 Å². The van der Waals surface area contributed by atoms with Gasteiger partial charge in [0.25, 0.3) is 0 Å². The fourth-order valence-corrected chi connectivity index (χ4v) is 4.67. The van der Waals surface area contributed by atoms with Crippen LogP contribution < -0.4 is 4.90 Å². The maximum Gasteiger partial charge on any atom is 0.234 e. The van der Waals surface area contributed by atoms with Crippen LogP contribution in [0, 0.1) is 12.3 Å². The molecule has 2 aromatic heterocycles. The van der Waals surface area contributed by atoms with E-state index >= 15 is 0 Å². The van der Waals surface area contributed by atoms with Gasteiger partial charge in [-0.3, -0.25) is 14.4 Å².